The molecular weight excluding hydrogens is 729 g/mol. The molecule has 0 rings (SSSR count). The van der Waals surface area contributed by atoms with E-state index in [-0.39, 0.29) is 5.97 Å². The molecule has 0 aromatic heterocycles. The molecular formula is C53H104N2O4. The summed E-state index contributed by atoms with van der Waals surface area (Å²) in [5.41, 5.74) is 0. The van der Waals surface area contributed by atoms with Gasteiger partial charge in [-0.25, -0.2) is 0 Å². The zero-order valence-electron chi connectivity index (χ0n) is 40.3. The summed E-state index contributed by atoms with van der Waals surface area (Å²) >= 11 is 0. The summed E-state index contributed by atoms with van der Waals surface area (Å²) in [5, 5.41) is 0. The summed E-state index contributed by atoms with van der Waals surface area (Å²) in [6.45, 7) is 14.7. The second-order valence-corrected chi connectivity index (χ2v) is 18.4. The zero-order valence-corrected chi connectivity index (χ0v) is 40.3. The summed E-state index contributed by atoms with van der Waals surface area (Å²) < 4.78 is 5.52. The van der Waals surface area contributed by atoms with E-state index in [0.717, 1.165) is 57.1 Å². The molecule has 0 aromatic carbocycles. The van der Waals surface area contributed by atoms with E-state index in [1.165, 1.54) is 232 Å². The molecule has 0 aliphatic rings. The normalized spacial score (nSPS) is 12.2. The second-order valence-electron chi connectivity index (χ2n) is 18.4. The van der Waals surface area contributed by atoms with Gasteiger partial charge in [0.2, 0.25) is 0 Å². The number of unbranched alkanes of at least 4 members (excludes halogenated alkanes) is 29. The maximum atomic E-state index is 12.2. The van der Waals surface area contributed by atoms with Gasteiger partial charge in [-0.1, -0.05) is 201 Å². The summed E-state index contributed by atoms with van der Waals surface area (Å²) in [4.78, 5) is 39.2. The molecule has 59 heavy (non-hydrogen) atoms. The highest BCUT2D eigenvalue weighted by molar-refractivity contribution is 5.69. The fourth-order valence-electron chi connectivity index (χ4n) is 8.66. The predicted molar refractivity (Wildman–Crippen MR) is 257 cm³/mol. The van der Waals surface area contributed by atoms with E-state index >= 15 is 0 Å². The number of carbonyl (C=O) groups is 3. The monoisotopic (exact) mass is 833 g/mol. The molecule has 0 saturated carbocycles. The van der Waals surface area contributed by atoms with Gasteiger partial charge in [0.05, 0.1) is 6.61 Å². The lowest BCUT2D eigenvalue weighted by atomic mass is 9.92. The maximum Gasteiger partial charge on any atom is 0.305 e. The minimum Gasteiger partial charge on any atom is -0.466 e. The van der Waals surface area contributed by atoms with Crippen molar-refractivity contribution in [2.45, 2.75) is 271 Å². The molecule has 0 saturated heterocycles. The average molecular weight is 833 g/mol. The SMILES string of the molecule is CCCCCCCCCOC(=O)CCCCCCCN(CCCCCCCC(CC)CCCCCCCC)CCN(CCCCCCCC=O)CCCCCCCC=O. The molecule has 0 heterocycles. The van der Waals surface area contributed by atoms with Crippen molar-refractivity contribution >= 4 is 18.5 Å². The summed E-state index contributed by atoms with van der Waals surface area (Å²) in [5.74, 6) is 0.943. The van der Waals surface area contributed by atoms with Crippen molar-refractivity contribution in [2.24, 2.45) is 5.92 Å². The summed E-state index contributed by atoms with van der Waals surface area (Å²) in [6.07, 6.45) is 50.2. The molecule has 0 radical (unpaired) electrons. The van der Waals surface area contributed by atoms with Crippen LogP contribution in [0.3, 0.4) is 0 Å². The van der Waals surface area contributed by atoms with E-state index in [1.54, 1.807) is 0 Å². The molecule has 0 fully saturated rings. The first-order valence-electron chi connectivity index (χ1n) is 26.6. The number of hydrogen-bond acceptors (Lipinski definition) is 6. The average Bonchev–Trinajstić information content (AvgIpc) is 3.24. The number of rotatable bonds is 51. The first kappa shape index (κ1) is 57.7. The van der Waals surface area contributed by atoms with Gasteiger partial charge >= 0.3 is 5.97 Å². The van der Waals surface area contributed by atoms with Crippen LogP contribution >= 0.6 is 0 Å². The first-order chi connectivity index (χ1) is 29.1. The van der Waals surface area contributed by atoms with Crippen molar-refractivity contribution in [3.8, 4) is 0 Å². The van der Waals surface area contributed by atoms with Crippen molar-refractivity contribution in [3.05, 3.63) is 0 Å². The van der Waals surface area contributed by atoms with Gasteiger partial charge in [0, 0.05) is 32.4 Å². The lowest BCUT2D eigenvalue weighted by Crippen LogP contribution is -2.37. The van der Waals surface area contributed by atoms with Crippen molar-refractivity contribution in [3.63, 3.8) is 0 Å². The fraction of sp³-hybridized carbons (Fsp3) is 0.943. The van der Waals surface area contributed by atoms with Crippen LogP contribution in [0.15, 0.2) is 0 Å². The van der Waals surface area contributed by atoms with Crippen LogP contribution in [0.2, 0.25) is 0 Å². The Labute approximate surface area is 369 Å². The van der Waals surface area contributed by atoms with Gasteiger partial charge in [0.15, 0.2) is 0 Å². The Kier molecular flexibility index (Phi) is 48.3. The maximum absolute atomic E-state index is 12.2. The molecule has 0 spiro atoms. The number of ether oxygens (including phenoxy) is 1. The summed E-state index contributed by atoms with van der Waals surface area (Å²) in [6, 6.07) is 0. The van der Waals surface area contributed by atoms with Crippen molar-refractivity contribution in [2.75, 3.05) is 45.9 Å². The van der Waals surface area contributed by atoms with E-state index in [0.29, 0.717) is 25.9 Å². The molecule has 0 aromatic rings. The van der Waals surface area contributed by atoms with Crippen molar-refractivity contribution < 1.29 is 19.1 Å². The number of hydrogen-bond donors (Lipinski definition) is 0. The number of carbonyl (C=O) groups excluding carboxylic acids is 3. The Morgan fingerprint density at radius 2 is 0.746 bits per heavy atom. The number of nitrogens with zero attached hydrogens (tertiary/aromatic N) is 2. The van der Waals surface area contributed by atoms with Gasteiger partial charge in [0.1, 0.15) is 12.6 Å². The van der Waals surface area contributed by atoms with Crippen molar-refractivity contribution in [1.82, 2.24) is 9.80 Å². The minimum absolute atomic E-state index is 0.000793. The topological polar surface area (TPSA) is 66.9 Å². The van der Waals surface area contributed by atoms with Gasteiger partial charge in [-0.2, -0.15) is 0 Å². The molecule has 6 heteroatoms. The van der Waals surface area contributed by atoms with Crippen LogP contribution < -0.4 is 0 Å². The lowest BCUT2D eigenvalue weighted by molar-refractivity contribution is -0.143. The van der Waals surface area contributed by atoms with Gasteiger partial charge in [-0.3, -0.25) is 4.79 Å². The molecule has 0 amide bonds. The Bertz CT molecular complexity index is 831. The Hall–Kier alpha value is -1.27. The van der Waals surface area contributed by atoms with Gasteiger partial charge in [-0.05, 0) is 83.5 Å². The number of aldehydes is 2. The highest BCUT2D eigenvalue weighted by Crippen LogP contribution is 2.22. The largest absolute Gasteiger partial charge is 0.466 e. The van der Waals surface area contributed by atoms with E-state index in [2.05, 4.69) is 30.6 Å². The van der Waals surface area contributed by atoms with Crippen LogP contribution in [0, 0.1) is 5.92 Å². The van der Waals surface area contributed by atoms with E-state index in [9.17, 15) is 14.4 Å². The fourth-order valence-corrected chi connectivity index (χ4v) is 8.66. The standard InChI is InChI=1S/C53H104N2O4/c1-4-7-9-11-17-29-39-51-59-53(58)42-32-22-19-26-36-46-55(45-35-25-18-21-31-41-52(6-3)40-30-20-12-10-8-5-2)48-47-54(43-33-23-13-15-27-37-49-56)44-34-24-14-16-28-38-50-57/h49-50,52H,4-48,51H2,1-3H3. The van der Waals surface area contributed by atoms with Crippen LogP contribution in [0.4, 0.5) is 0 Å². The quantitative estimate of drug-likeness (QED) is 0.0345. The molecule has 1 unspecified atom stereocenters. The van der Waals surface area contributed by atoms with Gasteiger partial charge in [-0.15, -0.1) is 0 Å². The third-order valence-electron chi connectivity index (χ3n) is 12.8. The molecule has 6 nitrogen and oxygen atoms in total. The zero-order chi connectivity index (χ0) is 43.0. The van der Waals surface area contributed by atoms with E-state index in [1.807, 2.05) is 0 Å². The molecule has 0 aliphatic heterocycles. The van der Waals surface area contributed by atoms with Crippen LogP contribution in [0.5, 0.6) is 0 Å². The second kappa shape index (κ2) is 49.4. The molecule has 0 N–H and O–H groups in total. The highest BCUT2D eigenvalue weighted by Gasteiger charge is 2.11. The van der Waals surface area contributed by atoms with E-state index < -0.39 is 0 Å². The number of esters is 1. The lowest BCUT2D eigenvalue weighted by Gasteiger charge is -2.28. The molecule has 1 atom stereocenters. The summed E-state index contributed by atoms with van der Waals surface area (Å²) in [7, 11) is 0. The van der Waals surface area contributed by atoms with Crippen LogP contribution in [-0.2, 0) is 19.1 Å². The smallest absolute Gasteiger partial charge is 0.305 e. The van der Waals surface area contributed by atoms with Gasteiger partial charge < -0.3 is 24.1 Å². The third-order valence-corrected chi connectivity index (χ3v) is 12.8. The predicted octanol–water partition coefficient (Wildman–Crippen LogP) is 15.4. The van der Waals surface area contributed by atoms with Gasteiger partial charge in [0.25, 0.3) is 0 Å². The van der Waals surface area contributed by atoms with Crippen molar-refractivity contribution in [1.29, 1.82) is 0 Å². The Morgan fingerprint density at radius 1 is 0.407 bits per heavy atom. The van der Waals surface area contributed by atoms with Crippen LogP contribution in [0.25, 0.3) is 0 Å². The van der Waals surface area contributed by atoms with Crippen LogP contribution in [-0.4, -0.2) is 74.2 Å². The van der Waals surface area contributed by atoms with E-state index in [4.69, 9.17) is 4.74 Å². The Balaban J connectivity index is 4.76. The molecule has 350 valence electrons. The minimum atomic E-state index is 0.000793. The highest BCUT2D eigenvalue weighted by atomic mass is 16.5. The van der Waals surface area contributed by atoms with Crippen LogP contribution in [0.1, 0.15) is 271 Å². The Morgan fingerprint density at radius 3 is 1.14 bits per heavy atom. The molecule has 0 bridgehead atoms. The molecule has 0 aliphatic carbocycles. The third kappa shape index (κ3) is 44.6. The first-order valence-corrected chi connectivity index (χ1v) is 26.6.